The summed E-state index contributed by atoms with van der Waals surface area (Å²) in [6, 6.07) is 1.75. The first-order valence-electron chi connectivity index (χ1n) is 5.49. The number of nitrogens with zero attached hydrogens (tertiary/aromatic N) is 4. The first-order valence-corrected chi connectivity index (χ1v) is 8.72. The topological polar surface area (TPSA) is 51.6 Å². The number of aromatic nitrogens is 4. The average Bonchev–Trinajstić information content (AvgIpc) is 2.75. The summed E-state index contributed by atoms with van der Waals surface area (Å²) in [6.07, 6.45) is 1.98. The second kappa shape index (κ2) is 5.95. The van der Waals surface area contributed by atoms with Gasteiger partial charge in [0.1, 0.15) is 16.0 Å². The highest BCUT2D eigenvalue weighted by atomic mass is 35.5. The van der Waals surface area contributed by atoms with E-state index in [1.807, 2.05) is 6.26 Å². The van der Waals surface area contributed by atoms with Gasteiger partial charge in [0.25, 0.3) is 0 Å². The van der Waals surface area contributed by atoms with E-state index in [2.05, 4.69) is 40.9 Å². The fraction of sp³-hybridized carbons (Fsp3) is 0.455. The minimum absolute atomic E-state index is 0.133. The third-order valence-corrected chi connectivity index (χ3v) is 5.16. The van der Waals surface area contributed by atoms with Crippen LogP contribution in [0.4, 0.5) is 0 Å². The fourth-order valence-electron chi connectivity index (χ4n) is 1.20. The Morgan fingerprint density at radius 2 is 1.84 bits per heavy atom. The van der Waals surface area contributed by atoms with Crippen LogP contribution in [-0.4, -0.2) is 26.4 Å². The summed E-state index contributed by atoms with van der Waals surface area (Å²) in [6.45, 7) is 6.18. The van der Waals surface area contributed by atoms with Gasteiger partial charge in [0.05, 0.1) is 0 Å². The zero-order valence-corrected chi connectivity index (χ0v) is 14.2. The van der Waals surface area contributed by atoms with E-state index in [1.165, 1.54) is 11.8 Å². The molecule has 2 aromatic heterocycles. The molecule has 0 unspecified atom stereocenters. The maximum atomic E-state index is 6.05. The van der Waals surface area contributed by atoms with Gasteiger partial charge in [-0.1, -0.05) is 55.5 Å². The molecule has 2 aromatic rings. The van der Waals surface area contributed by atoms with Crippen molar-refractivity contribution in [3.05, 3.63) is 17.0 Å². The standard InChI is InChI=1S/C11H13ClN4S3/c1-11(2,3)8-13-6(12)5-7(14-8)18-10-16-15-9(17-4)19-10/h5H,1-4H3. The Balaban J connectivity index is 2.27. The van der Waals surface area contributed by atoms with E-state index in [-0.39, 0.29) is 5.41 Å². The Hall–Kier alpha value is -0.370. The smallest absolute Gasteiger partial charge is 0.181 e. The fourth-order valence-corrected chi connectivity index (χ4v) is 3.83. The lowest BCUT2D eigenvalue weighted by molar-refractivity contribution is 0.538. The quantitative estimate of drug-likeness (QED) is 0.621. The summed E-state index contributed by atoms with van der Waals surface area (Å²) in [5, 5.41) is 9.43. The zero-order chi connectivity index (χ0) is 14.0. The Bertz CT molecular complexity index is 580. The average molecular weight is 333 g/mol. The Kier molecular flexibility index (Phi) is 4.70. The molecular formula is C11H13ClN4S3. The van der Waals surface area contributed by atoms with E-state index in [1.54, 1.807) is 29.2 Å². The number of thioether (sulfide) groups is 1. The van der Waals surface area contributed by atoms with Gasteiger partial charge in [0.2, 0.25) is 0 Å². The van der Waals surface area contributed by atoms with E-state index >= 15 is 0 Å². The molecule has 0 fully saturated rings. The summed E-state index contributed by atoms with van der Waals surface area (Å²) in [5.41, 5.74) is -0.133. The third kappa shape index (κ3) is 4.05. The van der Waals surface area contributed by atoms with Crippen molar-refractivity contribution < 1.29 is 0 Å². The first-order chi connectivity index (χ1) is 8.88. The molecule has 0 aromatic carbocycles. The van der Waals surface area contributed by atoms with Crippen LogP contribution in [-0.2, 0) is 5.41 Å². The van der Waals surface area contributed by atoms with Crippen LogP contribution in [0.2, 0.25) is 5.15 Å². The zero-order valence-electron chi connectivity index (χ0n) is 11.0. The van der Waals surface area contributed by atoms with Crippen molar-refractivity contribution in [1.82, 2.24) is 20.2 Å². The number of hydrogen-bond acceptors (Lipinski definition) is 7. The Morgan fingerprint density at radius 3 is 2.42 bits per heavy atom. The van der Waals surface area contributed by atoms with Crippen LogP contribution in [0.25, 0.3) is 0 Å². The van der Waals surface area contributed by atoms with Crippen molar-refractivity contribution in [2.45, 2.75) is 39.9 Å². The molecule has 0 aliphatic heterocycles. The molecule has 19 heavy (non-hydrogen) atoms. The molecule has 0 spiro atoms. The molecule has 0 aliphatic rings. The molecular weight excluding hydrogens is 320 g/mol. The van der Waals surface area contributed by atoms with Crippen LogP contribution in [0.3, 0.4) is 0 Å². The molecule has 0 saturated heterocycles. The predicted octanol–water partition coefficient (Wildman–Crippen LogP) is 4.15. The summed E-state index contributed by atoms with van der Waals surface area (Å²) < 4.78 is 1.80. The summed E-state index contributed by atoms with van der Waals surface area (Å²) >= 11 is 10.6. The van der Waals surface area contributed by atoms with Gasteiger partial charge in [0, 0.05) is 11.5 Å². The normalized spacial score (nSPS) is 11.8. The second-order valence-electron chi connectivity index (χ2n) is 4.74. The van der Waals surface area contributed by atoms with Crippen LogP contribution >= 0.6 is 46.5 Å². The number of hydrogen-bond donors (Lipinski definition) is 0. The van der Waals surface area contributed by atoms with Gasteiger partial charge in [-0.25, -0.2) is 9.97 Å². The molecule has 0 N–H and O–H groups in total. The van der Waals surface area contributed by atoms with E-state index in [4.69, 9.17) is 11.6 Å². The molecule has 2 rings (SSSR count). The van der Waals surface area contributed by atoms with Gasteiger partial charge >= 0.3 is 0 Å². The van der Waals surface area contributed by atoms with Gasteiger partial charge in [-0.3, -0.25) is 0 Å². The van der Waals surface area contributed by atoms with Crippen molar-refractivity contribution in [2.75, 3.05) is 6.26 Å². The van der Waals surface area contributed by atoms with Gasteiger partial charge in [-0.15, -0.1) is 10.2 Å². The van der Waals surface area contributed by atoms with Gasteiger partial charge in [0.15, 0.2) is 8.68 Å². The predicted molar refractivity (Wildman–Crippen MR) is 81.6 cm³/mol. The van der Waals surface area contributed by atoms with E-state index in [9.17, 15) is 0 Å². The lowest BCUT2D eigenvalue weighted by atomic mass is 9.96. The highest BCUT2D eigenvalue weighted by molar-refractivity contribution is 8.02. The van der Waals surface area contributed by atoms with E-state index < -0.39 is 0 Å². The van der Waals surface area contributed by atoms with Crippen LogP contribution in [0.5, 0.6) is 0 Å². The minimum Gasteiger partial charge on any atom is -0.225 e. The molecule has 0 amide bonds. The Labute approximate surface area is 129 Å². The van der Waals surface area contributed by atoms with Gasteiger partial charge < -0.3 is 0 Å². The largest absolute Gasteiger partial charge is 0.225 e. The molecule has 8 heteroatoms. The number of halogens is 1. The van der Waals surface area contributed by atoms with Crippen LogP contribution in [0.15, 0.2) is 19.8 Å². The molecule has 0 saturated carbocycles. The summed E-state index contributed by atoms with van der Waals surface area (Å²) in [7, 11) is 0. The van der Waals surface area contributed by atoms with Gasteiger partial charge in [-0.05, 0) is 18.0 Å². The van der Waals surface area contributed by atoms with Crippen LogP contribution < -0.4 is 0 Å². The monoisotopic (exact) mass is 332 g/mol. The maximum Gasteiger partial charge on any atom is 0.181 e. The SMILES string of the molecule is CSc1nnc(Sc2cc(Cl)nc(C(C)(C)C)n2)s1. The molecule has 0 aliphatic carbocycles. The van der Waals surface area contributed by atoms with Gasteiger partial charge in [-0.2, -0.15) is 0 Å². The van der Waals surface area contributed by atoms with Crippen molar-refractivity contribution in [1.29, 1.82) is 0 Å². The molecule has 102 valence electrons. The van der Waals surface area contributed by atoms with Crippen molar-refractivity contribution in [3.8, 4) is 0 Å². The summed E-state index contributed by atoms with van der Waals surface area (Å²) in [4.78, 5) is 8.81. The summed E-state index contributed by atoms with van der Waals surface area (Å²) in [5.74, 6) is 0.733. The molecule has 0 atom stereocenters. The lowest BCUT2D eigenvalue weighted by Gasteiger charge is -2.16. The highest BCUT2D eigenvalue weighted by Crippen LogP contribution is 2.33. The second-order valence-corrected chi connectivity index (χ2v) is 8.43. The molecule has 0 radical (unpaired) electrons. The third-order valence-electron chi connectivity index (χ3n) is 2.10. The molecule has 0 bridgehead atoms. The van der Waals surface area contributed by atoms with Crippen molar-refractivity contribution in [3.63, 3.8) is 0 Å². The first kappa shape index (κ1) is 15.0. The number of rotatable bonds is 3. The van der Waals surface area contributed by atoms with Crippen molar-refractivity contribution >= 4 is 46.5 Å². The maximum absolute atomic E-state index is 6.05. The minimum atomic E-state index is -0.133. The van der Waals surface area contributed by atoms with E-state index in [0.29, 0.717) is 5.15 Å². The van der Waals surface area contributed by atoms with E-state index in [0.717, 1.165) is 19.5 Å². The lowest BCUT2D eigenvalue weighted by Crippen LogP contribution is -2.16. The van der Waals surface area contributed by atoms with Crippen molar-refractivity contribution in [2.24, 2.45) is 0 Å². The molecule has 2 heterocycles. The Morgan fingerprint density at radius 1 is 1.16 bits per heavy atom. The van der Waals surface area contributed by atoms with Crippen LogP contribution in [0.1, 0.15) is 26.6 Å². The highest BCUT2D eigenvalue weighted by Gasteiger charge is 2.19. The van der Waals surface area contributed by atoms with Crippen LogP contribution in [0, 0.1) is 0 Å². The molecule has 4 nitrogen and oxygen atoms in total.